The Hall–Kier alpha value is -1.10. The van der Waals surface area contributed by atoms with E-state index in [9.17, 15) is 9.59 Å². The second-order valence-electron chi connectivity index (χ2n) is 4.96. The van der Waals surface area contributed by atoms with Crippen LogP contribution < -0.4 is 0 Å². The quantitative estimate of drug-likeness (QED) is 0.810. The number of rotatable bonds is 5. The van der Waals surface area contributed by atoms with Crippen LogP contribution in [0.25, 0.3) is 0 Å². The van der Waals surface area contributed by atoms with Crippen molar-refractivity contribution in [2.75, 3.05) is 13.1 Å². The van der Waals surface area contributed by atoms with E-state index >= 15 is 0 Å². The van der Waals surface area contributed by atoms with E-state index < -0.39 is 12.1 Å². The summed E-state index contributed by atoms with van der Waals surface area (Å²) in [6.45, 7) is 6.60. The van der Waals surface area contributed by atoms with Gasteiger partial charge < -0.3 is 14.7 Å². The number of nitrogens with zero attached hydrogens (tertiary/aromatic N) is 1. The Kier molecular flexibility index (Phi) is 5.59. The van der Waals surface area contributed by atoms with Crippen LogP contribution in [0.3, 0.4) is 0 Å². The molecule has 1 amide bonds. The molecule has 5 nitrogen and oxygen atoms in total. The number of hydrogen-bond acceptors (Lipinski definition) is 3. The molecule has 18 heavy (non-hydrogen) atoms. The Morgan fingerprint density at radius 1 is 1.33 bits per heavy atom. The van der Waals surface area contributed by atoms with Crippen LogP contribution in [-0.4, -0.2) is 47.2 Å². The molecule has 1 unspecified atom stereocenters. The van der Waals surface area contributed by atoms with Crippen LogP contribution in [0.4, 0.5) is 0 Å². The molecular formula is C13H23NO4. The van der Waals surface area contributed by atoms with Gasteiger partial charge >= 0.3 is 5.97 Å². The summed E-state index contributed by atoms with van der Waals surface area (Å²) in [7, 11) is 0. The van der Waals surface area contributed by atoms with E-state index in [-0.39, 0.29) is 18.6 Å². The minimum Gasteiger partial charge on any atom is -0.479 e. The zero-order valence-corrected chi connectivity index (χ0v) is 11.4. The normalized spacial score (nSPS) is 24.3. The number of carbonyl (C=O) groups excluding carboxylic acids is 1. The van der Waals surface area contributed by atoms with Crippen molar-refractivity contribution in [1.82, 2.24) is 4.90 Å². The molecule has 1 heterocycles. The topological polar surface area (TPSA) is 66.8 Å². The minimum atomic E-state index is -0.998. The van der Waals surface area contributed by atoms with Crippen molar-refractivity contribution in [3.63, 3.8) is 0 Å². The second kappa shape index (κ2) is 6.73. The Bertz CT molecular complexity index is 301. The van der Waals surface area contributed by atoms with Gasteiger partial charge in [0.1, 0.15) is 0 Å². The van der Waals surface area contributed by atoms with E-state index in [1.807, 2.05) is 0 Å². The molecule has 0 aromatic carbocycles. The van der Waals surface area contributed by atoms with Crippen molar-refractivity contribution in [1.29, 1.82) is 0 Å². The van der Waals surface area contributed by atoms with Gasteiger partial charge in [-0.1, -0.05) is 26.7 Å². The molecule has 0 bridgehead atoms. The zero-order chi connectivity index (χ0) is 13.7. The van der Waals surface area contributed by atoms with Gasteiger partial charge in [0.25, 0.3) is 0 Å². The smallest absolute Gasteiger partial charge is 0.334 e. The first-order valence-corrected chi connectivity index (χ1v) is 6.63. The number of ether oxygens (including phenoxy) is 1. The Morgan fingerprint density at radius 2 is 1.94 bits per heavy atom. The molecule has 0 aliphatic carbocycles. The second-order valence-corrected chi connectivity index (χ2v) is 4.96. The van der Waals surface area contributed by atoms with Gasteiger partial charge in [-0.2, -0.15) is 0 Å². The molecule has 0 aromatic rings. The first kappa shape index (κ1) is 15.0. The monoisotopic (exact) mass is 257 g/mol. The van der Waals surface area contributed by atoms with Gasteiger partial charge in [-0.25, -0.2) is 4.79 Å². The van der Waals surface area contributed by atoms with Crippen LogP contribution >= 0.6 is 0 Å². The van der Waals surface area contributed by atoms with Crippen LogP contribution in [0.15, 0.2) is 0 Å². The summed E-state index contributed by atoms with van der Waals surface area (Å²) in [5.41, 5.74) is 0. The zero-order valence-electron chi connectivity index (χ0n) is 11.4. The fourth-order valence-corrected chi connectivity index (χ4v) is 2.24. The van der Waals surface area contributed by atoms with Crippen molar-refractivity contribution in [3.05, 3.63) is 0 Å². The molecular weight excluding hydrogens is 234 g/mol. The standard InChI is InChI=1S/C13H23NO4/c1-4-10(5-2)6-12(15)14-7-9(3)18-11(8-14)13(16)17/h9-11H,4-8H2,1-3H3,(H,16,17)/t9-,11?/m1/s1. The molecule has 104 valence electrons. The molecule has 1 aliphatic heterocycles. The van der Waals surface area contributed by atoms with Gasteiger partial charge in [-0.3, -0.25) is 4.79 Å². The Balaban J connectivity index is 2.58. The molecule has 1 saturated heterocycles. The van der Waals surface area contributed by atoms with Crippen LogP contribution in [0, 0.1) is 5.92 Å². The highest BCUT2D eigenvalue weighted by Crippen LogP contribution is 2.18. The largest absolute Gasteiger partial charge is 0.479 e. The van der Waals surface area contributed by atoms with E-state index in [0.29, 0.717) is 18.9 Å². The van der Waals surface area contributed by atoms with Crippen molar-refractivity contribution in [2.45, 2.75) is 52.2 Å². The molecule has 1 N–H and O–H groups in total. The predicted molar refractivity (Wildman–Crippen MR) is 67.2 cm³/mol. The van der Waals surface area contributed by atoms with Crippen LogP contribution in [-0.2, 0) is 14.3 Å². The molecule has 0 aromatic heterocycles. The number of carboxylic acids is 1. The highest BCUT2D eigenvalue weighted by atomic mass is 16.5. The average Bonchev–Trinajstić information content (AvgIpc) is 2.34. The van der Waals surface area contributed by atoms with Gasteiger partial charge in [0, 0.05) is 13.0 Å². The van der Waals surface area contributed by atoms with Crippen LogP contribution in [0.5, 0.6) is 0 Å². The maximum Gasteiger partial charge on any atom is 0.334 e. The van der Waals surface area contributed by atoms with Gasteiger partial charge in [0.05, 0.1) is 12.6 Å². The fraction of sp³-hybridized carbons (Fsp3) is 0.846. The van der Waals surface area contributed by atoms with Gasteiger partial charge in [0.15, 0.2) is 6.10 Å². The Morgan fingerprint density at radius 3 is 2.44 bits per heavy atom. The highest BCUT2D eigenvalue weighted by Gasteiger charge is 2.32. The summed E-state index contributed by atoms with van der Waals surface area (Å²) in [6.07, 6.45) is 1.35. The van der Waals surface area contributed by atoms with Crippen molar-refractivity contribution in [3.8, 4) is 0 Å². The lowest BCUT2D eigenvalue weighted by Gasteiger charge is -2.35. The number of morpholine rings is 1. The lowest BCUT2D eigenvalue weighted by molar-refractivity contribution is -0.166. The third-order valence-electron chi connectivity index (χ3n) is 3.51. The number of hydrogen-bond donors (Lipinski definition) is 1. The molecule has 1 fully saturated rings. The molecule has 2 atom stereocenters. The molecule has 0 radical (unpaired) electrons. The number of carbonyl (C=O) groups is 2. The fourth-order valence-electron chi connectivity index (χ4n) is 2.24. The lowest BCUT2D eigenvalue weighted by atomic mass is 9.98. The summed E-state index contributed by atoms with van der Waals surface area (Å²) in [5, 5.41) is 8.97. The third-order valence-corrected chi connectivity index (χ3v) is 3.51. The summed E-state index contributed by atoms with van der Waals surface area (Å²) >= 11 is 0. The lowest BCUT2D eigenvalue weighted by Crippen LogP contribution is -2.52. The summed E-state index contributed by atoms with van der Waals surface area (Å²) < 4.78 is 5.29. The number of amides is 1. The molecule has 5 heteroatoms. The van der Waals surface area contributed by atoms with E-state index in [1.54, 1.807) is 11.8 Å². The first-order chi connectivity index (χ1) is 8.47. The van der Waals surface area contributed by atoms with E-state index in [0.717, 1.165) is 12.8 Å². The summed E-state index contributed by atoms with van der Waals surface area (Å²) in [4.78, 5) is 24.7. The molecule has 0 saturated carbocycles. The van der Waals surface area contributed by atoms with Crippen molar-refractivity contribution >= 4 is 11.9 Å². The van der Waals surface area contributed by atoms with E-state index in [2.05, 4.69) is 13.8 Å². The van der Waals surface area contributed by atoms with Gasteiger partial charge in [-0.05, 0) is 12.8 Å². The number of carboxylic acid groups (broad SMARTS) is 1. The third kappa shape index (κ3) is 3.98. The average molecular weight is 257 g/mol. The van der Waals surface area contributed by atoms with E-state index in [4.69, 9.17) is 9.84 Å². The number of aliphatic carboxylic acids is 1. The van der Waals surface area contributed by atoms with E-state index in [1.165, 1.54) is 0 Å². The summed E-state index contributed by atoms with van der Waals surface area (Å²) in [6, 6.07) is 0. The highest BCUT2D eigenvalue weighted by molar-refractivity contribution is 5.79. The summed E-state index contributed by atoms with van der Waals surface area (Å²) in [5.74, 6) is -0.564. The van der Waals surface area contributed by atoms with Crippen molar-refractivity contribution in [2.24, 2.45) is 5.92 Å². The first-order valence-electron chi connectivity index (χ1n) is 6.63. The minimum absolute atomic E-state index is 0.0464. The van der Waals surface area contributed by atoms with Crippen molar-refractivity contribution < 1.29 is 19.4 Å². The van der Waals surface area contributed by atoms with Crippen LogP contribution in [0.1, 0.15) is 40.0 Å². The molecule has 1 rings (SSSR count). The maximum atomic E-state index is 12.1. The van der Waals surface area contributed by atoms with Crippen LogP contribution in [0.2, 0.25) is 0 Å². The maximum absolute atomic E-state index is 12.1. The van der Waals surface area contributed by atoms with Gasteiger partial charge in [-0.15, -0.1) is 0 Å². The Labute approximate surface area is 108 Å². The molecule has 1 aliphatic rings. The molecule has 0 spiro atoms. The predicted octanol–water partition coefficient (Wildman–Crippen LogP) is 1.51. The SMILES string of the molecule is CCC(CC)CC(=O)N1CC(C(=O)O)O[C@H](C)C1. The van der Waals surface area contributed by atoms with Gasteiger partial charge in [0.2, 0.25) is 5.91 Å².